The first-order valence-corrected chi connectivity index (χ1v) is 6.82. The molecule has 0 amide bonds. The molecule has 0 saturated heterocycles. The molecule has 1 aliphatic rings. The van der Waals surface area contributed by atoms with Crippen molar-refractivity contribution in [3.05, 3.63) is 59.7 Å². The zero-order valence-electron chi connectivity index (χ0n) is 11.2. The Hall–Kier alpha value is -2.47. The summed E-state index contributed by atoms with van der Waals surface area (Å²) in [6.45, 7) is 2.60. The fraction of sp³-hybridized carbons (Fsp3) is 0.235. The van der Waals surface area contributed by atoms with E-state index in [0.717, 1.165) is 25.3 Å². The van der Waals surface area contributed by atoms with Crippen molar-refractivity contribution >= 4 is 5.69 Å². The minimum atomic E-state index is 0.653. The Morgan fingerprint density at radius 3 is 2.70 bits per heavy atom. The van der Waals surface area contributed by atoms with Crippen LogP contribution in [0.3, 0.4) is 0 Å². The summed E-state index contributed by atoms with van der Waals surface area (Å²) in [5, 5.41) is 8.74. The summed E-state index contributed by atoms with van der Waals surface area (Å²) in [6, 6.07) is 17.9. The van der Waals surface area contributed by atoms with E-state index in [4.69, 9.17) is 10.00 Å². The number of benzene rings is 2. The second-order valence-electron chi connectivity index (χ2n) is 4.85. The third kappa shape index (κ3) is 2.60. The van der Waals surface area contributed by atoms with Crippen LogP contribution in [0.15, 0.2) is 48.5 Å². The van der Waals surface area contributed by atoms with Gasteiger partial charge in [0.1, 0.15) is 12.4 Å². The molecule has 1 heterocycles. The molecular formula is C17H16N2O. The van der Waals surface area contributed by atoms with Gasteiger partial charge in [-0.05, 0) is 42.3 Å². The minimum absolute atomic E-state index is 0.653. The monoisotopic (exact) mass is 264 g/mol. The fourth-order valence-corrected chi connectivity index (χ4v) is 2.54. The van der Waals surface area contributed by atoms with Gasteiger partial charge in [-0.25, -0.2) is 0 Å². The lowest BCUT2D eigenvalue weighted by Gasteiger charge is -2.19. The maximum absolute atomic E-state index is 8.74. The van der Waals surface area contributed by atoms with Gasteiger partial charge in [-0.15, -0.1) is 0 Å². The predicted octanol–water partition coefficient (Wildman–Crippen LogP) is 3.00. The fourth-order valence-electron chi connectivity index (χ4n) is 2.54. The number of fused-ring (bicyclic) bond motifs is 1. The number of hydrogen-bond acceptors (Lipinski definition) is 3. The molecule has 0 unspecified atom stereocenters. The molecule has 0 fully saturated rings. The number of para-hydroxylation sites is 1. The Kier molecular flexibility index (Phi) is 3.56. The van der Waals surface area contributed by atoms with Crippen LogP contribution in [-0.4, -0.2) is 19.7 Å². The standard InChI is InChI=1S/C17H16N2O/c18-13-14-5-7-16(8-6-14)20-12-11-19-10-9-15-3-1-2-4-17(15)19/h1-8H,9-12H2. The Morgan fingerprint density at radius 2 is 1.90 bits per heavy atom. The summed E-state index contributed by atoms with van der Waals surface area (Å²) in [5.41, 5.74) is 3.41. The van der Waals surface area contributed by atoms with Gasteiger partial charge in [0.05, 0.1) is 18.2 Å². The third-order valence-corrected chi connectivity index (χ3v) is 3.60. The smallest absolute Gasteiger partial charge is 0.119 e. The molecule has 3 nitrogen and oxygen atoms in total. The molecule has 0 saturated carbocycles. The van der Waals surface area contributed by atoms with Gasteiger partial charge in [-0.3, -0.25) is 0 Å². The van der Waals surface area contributed by atoms with Gasteiger partial charge in [0.15, 0.2) is 0 Å². The average Bonchev–Trinajstić information content (AvgIpc) is 2.92. The lowest BCUT2D eigenvalue weighted by molar-refractivity contribution is 0.324. The molecule has 0 spiro atoms. The molecule has 0 N–H and O–H groups in total. The van der Waals surface area contributed by atoms with Crippen molar-refractivity contribution < 1.29 is 4.74 Å². The zero-order chi connectivity index (χ0) is 13.8. The molecule has 1 aliphatic heterocycles. The molecular weight excluding hydrogens is 248 g/mol. The van der Waals surface area contributed by atoms with Crippen molar-refractivity contribution in [1.29, 1.82) is 5.26 Å². The van der Waals surface area contributed by atoms with E-state index in [-0.39, 0.29) is 0 Å². The van der Waals surface area contributed by atoms with E-state index in [1.807, 2.05) is 12.1 Å². The van der Waals surface area contributed by atoms with Gasteiger partial charge < -0.3 is 9.64 Å². The number of ether oxygens (including phenoxy) is 1. The third-order valence-electron chi connectivity index (χ3n) is 3.60. The van der Waals surface area contributed by atoms with E-state index in [9.17, 15) is 0 Å². The first kappa shape index (κ1) is 12.6. The molecule has 100 valence electrons. The van der Waals surface area contributed by atoms with Crippen molar-refractivity contribution in [3.8, 4) is 11.8 Å². The van der Waals surface area contributed by atoms with Gasteiger partial charge in [-0.2, -0.15) is 5.26 Å². The van der Waals surface area contributed by atoms with Crippen molar-refractivity contribution in [1.82, 2.24) is 0 Å². The maximum atomic E-state index is 8.74. The second-order valence-corrected chi connectivity index (χ2v) is 4.85. The lowest BCUT2D eigenvalue weighted by atomic mass is 10.2. The molecule has 3 rings (SSSR count). The quantitative estimate of drug-likeness (QED) is 0.851. The average molecular weight is 264 g/mol. The summed E-state index contributed by atoms with van der Waals surface area (Å²) in [7, 11) is 0. The topological polar surface area (TPSA) is 36.3 Å². The van der Waals surface area contributed by atoms with Crippen LogP contribution in [0.5, 0.6) is 5.75 Å². The van der Waals surface area contributed by atoms with Crippen LogP contribution >= 0.6 is 0 Å². The number of anilines is 1. The highest BCUT2D eigenvalue weighted by molar-refractivity contribution is 5.57. The van der Waals surface area contributed by atoms with Gasteiger partial charge in [0, 0.05) is 12.2 Å². The van der Waals surface area contributed by atoms with Gasteiger partial charge in [-0.1, -0.05) is 18.2 Å². The SMILES string of the molecule is N#Cc1ccc(OCCN2CCc3ccccc32)cc1. The molecule has 2 aromatic carbocycles. The summed E-state index contributed by atoms with van der Waals surface area (Å²) in [6.07, 6.45) is 1.12. The first-order valence-electron chi connectivity index (χ1n) is 6.82. The zero-order valence-corrected chi connectivity index (χ0v) is 11.2. The number of nitrogens with zero attached hydrogens (tertiary/aromatic N) is 2. The highest BCUT2D eigenvalue weighted by Gasteiger charge is 2.17. The van der Waals surface area contributed by atoms with Crippen LogP contribution in [0, 0.1) is 11.3 Å². The van der Waals surface area contributed by atoms with E-state index < -0.39 is 0 Å². The molecule has 3 heteroatoms. The first-order chi connectivity index (χ1) is 9.86. The van der Waals surface area contributed by atoms with Crippen LogP contribution in [0.1, 0.15) is 11.1 Å². The molecule has 20 heavy (non-hydrogen) atoms. The molecule has 0 aromatic heterocycles. The van der Waals surface area contributed by atoms with Crippen molar-refractivity contribution in [2.75, 3.05) is 24.6 Å². The van der Waals surface area contributed by atoms with Gasteiger partial charge >= 0.3 is 0 Å². The van der Waals surface area contributed by atoms with E-state index in [1.165, 1.54) is 11.3 Å². The molecule has 0 atom stereocenters. The van der Waals surface area contributed by atoms with Crippen LogP contribution in [0.4, 0.5) is 5.69 Å². The van der Waals surface area contributed by atoms with E-state index >= 15 is 0 Å². The number of nitriles is 1. The van der Waals surface area contributed by atoms with Crippen molar-refractivity contribution in [2.45, 2.75) is 6.42 Å². The Balaban J connectivity index is 1.55. The minimum Gasteiger partial charge on any atom is -0.492 e. The van der Waals surface area contributed by atoms with Gasteiger partial charge in [0.25, 0.3) is 0 Å². The maximum Gasteiger partial charge on any atom is 0.119 e. The summed E-state index contributed by atoms with van der Waals surface area (Å²) in [4.78, 5) is 2.36. The Bertz CT molecular complexity index is 628. The van der Waals surface area contributed by atoms with Crippen molar-refractivity contribution in [3.63, 3.8) is 0 Å². The highest BCUT2D eigenvalue weighted by atomic mass is 16.5. The largest absolute Gasteiger partial charge is 0.492 e. The van der Waals surface area contributed by atoms with E-state index in [1.54, 1.807) is 12.1 Å². The van der Waals surface area contributed by atoms with E-state index in [0.29, 0.717) is 12.2 Å². The predicted molar refractivity (Wildman–Crippen MR) is 79.0 cm³/mol. The Morgan fingerprint density at radius 1 is 1.10 bits per heavy atom. The number of rotatable bonds is 4. The molecule has 2 aromatic rings. The van der Waals surface area contributed by atoms with Crippen LogP contribution in [0.2, 0.25) is 0 Å². The van der Waals surface area contributed by atoms with Crippen LogP contribution in [0.25, 0.3) is 0 Å². The van der Waals surface area contributed by atoms with E-state index in [2.05, 4.69) is 35.2 Å². The highest BCUT2D eigenvalue weighted by Crippen LogP contribution is 2.26. The van der Waals surface area contributed by atoms with Crippen LogP contribution in [-0.2, 0) is 6.42 Å². The lowest BCUT2D eigenvalue weighted by Crippen LogP contribution is -2.26. The Labute approximate surface area is 119 Å². The summed E-state index contributed by atoms with van der Waals surface area (Å²) < 4.78 is 5.73. The van der Waals surface area contributed by atoms with Gasteiger partial charge in [0.2, 0.25) is 0 Å². The molecule has 0 bridgehead atoms. The summed E-state index contributed by atoms with van der Waals surface area (Å²) >= 11 is 0. The van der Waals surface area contributed by atoms with Crippen molar-refractivity contribution in [2.24, 2.45) is 0 Å². The van der Waals surface area contributed by atoms with Crippen LogP contribution < -0.4 is 9.64 Å². The second kappa shape index (κ2) is 5.66. The number of hydrogen-bond donors (Lipinski definition) is 0. The molecule has 0 radical (unpaired) electrons. The summed E-state index contributed by atoms with van der Waals surface area (Å²) in [5.74, 6) is 0.816. The molecule has 0 aliphatic carbocycles. The normalized spacial score (nSPS) is 12.8.